The first-order valence-corrected chi connectivity index (χ1v) is 9.91. The van der Waals surface area contributed by atoms with Crippen molar-refractivity contribution in [2.24, 2.45) is 0 Å². The lowest BCUT2D eigenvalue weighted by molar-refractivity contribution is 0.259. The zero-order valence-electron chi connectivity index (χ0n) is 15.2. The molecule has 7 heteroatoms. The van der Waals surface area contributed by atoms with E-state index in [1.807, 2.05) is 0 Å². The van der Waals surface area contributed by atoms with Crippen molar-refractivity contribution in [3.63, 3.8) is 0 Å². The zero-order chi connectivity index (χ0) is 20.4. The molecule has 0 N–H and O–H groups in total. The number of hydrogen-bond donors (Lipinski definition) is 0. The maximum atomic E-state index is 13.9. The molecule has 3 nitrogen and oxygen atoms in total. The van der Waals surface area contributed by atoms with E-state index in [-0.39, 0.29) is 0 Å². The second kappa shape index (κ2) is 7.92. The molecule has 0 atom stereocenters. The van der Waals surface area contributed by atoms with Gasteiger partial charge in [-0.3, -0.25) is 4.57 Å². The summed E-state index contributed by atoms with van der Waals surface area (Å²) >= 11 is 0. The monoisotopic (exact) mass is 406 g/mol. The fraction of sp³-hybridized carbons (Fsp3) is 0.143. The van der Waals surface area contributed by atoms with E-state index in [0.717, 1.165) is 0 Å². The standard InChI is InChI=1S/C21H18F3O3P/c1-26-28(25,27-2)21(15-3-9-18(22)10-4-15,16-5-11-19(23)12-6-16)17-7-13-20(24)14-8-17/h3-14H,1-2H3. The number of benzene rings is 3. The second-order valence-electron chi connectivity index (χ2n) is 6.09. The van der Waals surface area contributed by atoms with Gasteiger partial charge in [-0.1, -0.05) is 36.4 Å². The van der Waals surface area contributed by atoms with Gasteiger partial charge in [-0.2, -0.15) is 0 Å². The van der Waals surface area contributed by atoms with Gasteiger partial charge in [0.15, 0.2) is 0 Å². The highest BCUT2D eigenvalue weighted by atomic mass is 31.2. The molecule has 3 aromatic carbocycles. The molecule has 0 radical (unpaired) electrons. The predicted octanol–water partition coefficient (Wildman–Crippen LogP) is 5.88. The van der Waals surface area contributed by atoms with Crippen LogP contribution in [-0.2, 0) is 18.8 Å². The fourth-order valence-electron chi connectivity index (χ4n) is 3.40. The van der Waals surface area contributed by atoms with Crippen LogP contribution in [0.25, 0.3) is 0 Å². The molecule has 0 bridgehead atoms. The van der Waals surface area contributed by atoms with Crippen molar-refractivity contribution in [1.82, 2.24) is 0 Å². The van der Waals surface area contributed by atoms with Crippen molar-refractivity contribution >= 4 is 7.60 Å². The minimum absolute atomic E-state index is 0.388. The summed E-state index contributed by atoms with van der Waals surface area (Å²) in [5.74, 6) is -1.46. The molecule has 3 aromatic rings. The minimum Gasteiger partial charge on any atom is -0.311 e. The van der Waals surface area contributed by atoms with Crippen LogP contribution in [0.2, 0.25) is 0 Å². The van der Waals surface area contributed by atoms with Crippen molar-refractivity contribution in [3.8, 4) is 0 Å². The Morgan fingerprint density at radius 1 is 0.607 bits per heavy atom. The first-order valence-electron chi connectivity index (χ1n) is 8.37. The quantitative estimate of drug-likeness (QED) is 0.379. The van der Waals surface area contributed by atoms with Gasteiger partial charge in [0, 0.05) is 14.2 Å². The zero-order valence-corrected chi connectivity index (χ0v) is 16.1. The molecule has 0 aliphatic heterocycles. The van der Waals surface area contributed by atoms with E-state index in [2.05, 4.69) is 0 Å². The lowest BCUT2D eigenvalue weighted by Gasteiger charge is -2.39. The smallest absolute Gasteiger partial charge is 0.311 e. The lowest BCUT2D eigenvalue weighted by Crippen LogP contribution is -2.31. The van der Waals surface area contributed by atoms with Gasteiger partial charge in [0.25, 0.3) is 0 Å². The summed E-state index contributed by atoms with van der Waals surface area (Å²) in [6, 6.07) is 16.0. The van der Waals surface area contributed by atoms with Gasteiger partial charge < -0.3 is 9.05 Å². The molecule has 28 heavy (non-hydrogen) atoms. The largest absolute Gasteiger partial charge is 0.349 e. The van der Waals surface area contributed by atoms with Gasteiger partial charge in [-0.05, 0) is 53.1 Å². The molecule has 0 saturated heterocycles. The van der Waals surface area contributed by atoms with Crippen molar-refractivity contribution in [2.45, 2.75) is 5.16 Å². The van der Waals surface area contributed by atoms with Crippen LogP contribution in [0.5, 0.6) is 0 Å². The minimum atomic E-state index is -4.00. The molecule has 0 fully saturated rings. The third kappa shape index (κ3) is 3.28. The molecule has 0 saturated carbocycles. The van der Waals surface area contributed by atoms with Crippen LogP contribution in [0.15, 0.2) is 72.8 Å². The summed E-state index contributed by atoms with van der Waals surface area (Å²) in [7, 11) is -1.54. The van der Waals surface area contributed by atoms with Crippen LogP contribution in [-0.4, -0.2) is 14.2 Å². The van der Waals surface area contributed by atoms with Crippen molar-refractivity contribution in [1.29, 1.82) is 0 Å². The molecule has 0 aliphatic carbocycles. The van der Waals surface area contributed by atoms with Gasteiger partial charge >= 0.3 is 7.60 Å². The van der Waals surface area contributed by atoms with E-state index in [1.54, 1.807) is 0 Å². The maximum Gasteiger partial charge on any atom is 0.349 e. The molecular formula is C21H18F3O3P. The van der Waals surface area contributed by atoms with Gasteiger partial charge in [0.1, 0.15) is 22.6 Å². The summed E-state index contributed by atoms with van der Waals surface area (Å²) in [6.07, 6.45) is 0. The molecule has 0 aliphatic rings. The lowest BCUT2D eigenvalue weighted by atomic mass is 9.84. The topological polar surface area (TPSA) is 35.5 Å². The van der Waals surface area contributed by atoms with Gasteiger partial charge in [0.05, 0.1) is 0 Å². The predicted molar refractivity (Wildman–Crippen MR) is 101 cm³/mol. The van der Waals surface area contributed by atoms with Crippen molar-refractivity contribution < 1.29 is 26.8 Å². The van der Waals surface area contributed by atoms with Crippen molar-refractivity contribution in [3.05, 3.63) is 107 Å². The Balaban J connectivity index is 2.47. The molecule has 0 spiro atoms. The Hall–Kier alpha value is -2.40. The number of halogens is 3. The third-order valence-corrected chi connectivity index (χ3v) is 7.24. The summed E-state index contributed by atoms with van der Waals surface area (Å²) < 4.78 is 65.5. The Labute approximate surface area is 161 Å². The maximum absolute atomic E-state index is 13.9. The Morgan fingerprint density at radius 2 is 0.857 bits per heavy atom. The first-order chi connectivity index (χ1) is 13.4. The molecule has 0 amide bonds. The Morgan fingerprint density at radius 3 is 1.07 bits per heavy atom. The summed E-state index contributed by atoms with van der Waals surface area (Å²) in [6.45, 7) is 0. The van der Waals surface area contributed by atoms with E-state index < -0.39 is 30.2 Å². The number of hydrogen-bond acceptors (Lipinski definition) is 3. The van der Waals surface area contributed by atoms with Crippen LogP contribution in [0.1, 0.15) is 16.7 Å². The van der Waals surface area contributed by atoms with Crippen LogP contribution in [0, 0.1) is 17.5 Å². The average Bonchev–Trinajstić information content (AvgIpc) is 2.72. The van der Waals surface area contributed by atoms with Gasteiger partial charge in [0.2, 0.25) is 0 Å². The highest BCUT2D eigenvalue weighted by Gasteiger charge is 2.54. The highest BCUT2D eigenvalue weighted by molar-refractivity contribution is 7.55. The third-order valence-electron chi connectivity index (χ3n) is 4.68. The Bertz CT molecular complexity index is 868. The van der Waals surface area contributed by atoms with Crippen LogP contribution in [0.3, 0.4) is 0 Å². The Kier molecular flexibility index (Phi) is 5.75. The molecule has 146 valence electrons. The average molecular weight is 406 g/mol. The molecule has 0 aromatic heterocycles. The van der Waals surface area contributed by atoms with Gasteiger partial charge in [-0.25, -0.2) is 13.2 Å². The number of rotatable bonds is 6. The summed E-state index contributed by atoms with van der Waals surface area (Å²) in [5.41, 5.74) is 1.16. The molecule has 0 heterocycles. The van der Waals surface area contributed by atoms with E-state index in [0.29, 0.717) is 16.7 Å². The van der Waals surface area contributed by atoms with E-state index in [9.17, 15) is 17.7 Å². The normalized spacial score (nSPS) is 12.2. The highest BCUT2D eigenvalue weighted by Crippen LogP contribution is 2.69. The van der Waals surface area contributed by atoms with Crippen molar-refractivity contribution in [2.75, 3.05) is 14.2 Å². The van der Waals surface area contributed by atoms with E-state index in [4.69, 9.17) is 9.05 Å². The molecular weight excluding hydrogens is 388 g/mol. The van der Waals surface area contributed by atoms with Gasteiger partial charge in [-0.15, -0.1) is 0 Å². The van der Waals surface area contributed by atoms with E-state index >= 15 is 0 Å². The fourth-order valence-corrected chi connectivity index (χ4v) is 5.49. The van der Waals surface area contributed by atoms with Crippen LogP contribution < -0.4 is 0 Å². The summed E-state index contributed by atoms with van der Waals surface area (Å²) in [4.78, 5) is 0. The summed E-state index contributed by atoms with van der Waals surface area (Å²) in [5, 5.41) is -1.58. The van der Waals surface area contributed by atoms with E-state index in [1.165, 1.54) is 87.0 Å². The van der Waals surface area contributed by atoms with Crippen LogP contribution >= 0.6 is 7.60 Å². The van der Waals surface area contributed by atoms with Crippen LogP contribution in [0.4, 0.5) is 13.2 Å². The SMILES string of the molecule is COP(=O)(OC)C(c1ccc(F)cc1)(c1ccc(F)cc1)c1ccc(F)cc1. The second-order valence-corrected chi connectivity index (χ2v) is 8.49. The molecule has 0 unspecified atom stereocenters. The first kappa shape index (κ1) is 20.3. The molecule has 3 rings (SSSR count).